The third-order valence-electron chi connectivity index (χ3n) is 2.60. The topological polar surface area (TPSA) is 97.7 Å². The molecule has 0 aromatic rings. The van der Waals surface area contributed by atoms with Crippen LogP contribution in [0.1, 0.15) is 32.6 Å². The Morgan fingerprint density at radius 1 is 1.19 bits per heavy atom. The van der Waals surface area contributed by atoms with Crippen molar-refractivity contribution in [1.82, 2.24) is 0 Å². The number of hydrogen-bond donors (Lipinski definition) is 1. The number of rotatable bonds is 4. The first kappa shape index (κ1) is 13.9. The van der Waals surface area contributed by atoms with Gasteiger partial charge in [0.25, 0.3) is 20.2 Å². The zero-order valence-electron chi connectivity index (χ0n) is 9.00. The van der Waals surface area contributed by atoms with Gasteiger partial charge in [0.05, 0.1) is 6.10 Å². The molecule has 1 aliphatic carbocycles. The lowest BCUT2D eigenvalue weighted by Crippen LogP contribution is -2.30. The second kappa shape index (κ2) is 4.99. The highest BCUT2D eigenvalue weighted by atomic mass is 32.3. The van der Waals surface area contributed by atoms with Gasteiger partial charge in [-0.1, -0.05) is 19.8 Å². The Bertz CT molecular complexity index is 423. The Balaban J connectivity index is 2.65. The minimum absolute atomic E-state index is 0.0879. The highest BCUT2D eigenvalue weighted by Gasteiger charge is 2.29. The predicted octanol–water partition coefficient (Wildman–Crippen LogP) is 0.757. The highest BCUT2D eigenvalue weighted by Crippen LogP contribution is 2.27. The van der Waals surface area contributed by atoms with Gasteiger partial charge in [0.1, 0.15) is 0 Å². The van der Waals surface area contributed by atoms with Crippen LogP contribution in [-0.2, 0) is 24.4 Å². The van der Waals surface area contributed by atoms with Crippen molar-refractivity contribution in [3.8, 4) is 0 Å². The monoisotopic (exact) mass is 272 g/mol. The van der Waals surface area contributed by atoms with E-state index in [1.54, 1.807) is 0 Å². The fourth-order valence-corrected chi connectivity index (χ4v) is 4.17. The summed E-state index contributed by atoms with van der Waals surface area (Å²) in [5, 5.41) is -1.37. The molecule has 96 valence electrons. The Hall–Kier alpha value is -0.180. The van der Waals surface area contributed by atoms with Crippen molar-refractivity contribution in [2.24, 2.45) is 5.92 Å². The van der Waals surface area contributed by atoms with Crippen LogP contribution in [0.2, 0.25) is 0 Å². The standard InChI is InChI=1S/C8H16O6S2/c1-7-4-2-3-5-8(7)14-16(12,13)6-15(9,10)11/h7-8H,2-6H2,1H3,(H,9,10,11). The number of hydrogen-bond acceptors (Lipinski definition) is 5. The molecule has 1 N–H and O–H groups in total. The SMILES string of the molecule is CC1CCCCC1OS(=O)(=O)CS(=O)(=O)O. The summed E-state index contributed by atoms with van der Waals surface area (Å²) < 4.78 is 56.8. The van der Waals surface area contributed by atoms with Crippen molar-refractivity contribution in [1.29, 1.82) is 0 Å². The second-order valence-corrected chi connectivity index (χ2v) is 7.57. The average molecular weight is 272 g/mol. The summed E-state index contributed by atoms with van der Waals surface area (Å²) in [6.45, 7) is 1.87. The predicted molar refractivity (Wildman–Crippen MR) is 57.8 cm³/mol. The molecule has 0 aliphatic heterocycles. The summed E-state index contributed by atoms with van der Waals surface area (Å²) >= 11 is 0. The molecular weight excluding hydrogens is 256 g/mol. The van der Waals surface area contributed by atoms with E-state index >= 15 is 0 Å². The van der Waals surface area contributed by atoms with Gasteiger partial charge < -0.3 is 0 Å². The summed E-state index contributed by atoms with van der Waals surface area (Å²) in [7, 11) is -8.77. The molecular formula is C8H16O6S2. The van der Waals surface area contributed by atoms with Crippen molar-refractivity contribution in [3.63, 3.8) is 0 Å². The molecule has 1 fully saturated rings. The summed E-state index contributed by atoms with van der Waals surface area (Å²) in [6.07, 6.45) is 2.90. The molecule has 2 atom stereocenters. The molecule has 0 spiro atoms. The van der Waals surface area contributed by atoms with Gasteiger partial charge in [0, 0.05) is 0 Å². The van der Waals surface area contributed by atoms with Crippen LogP contribution in [0.3, 0.4) is 0 Å². The first-order valence-corrected chi connectivity index (χ1v) is 8.24. The third kappa shape index (κ3) is 4.77. The molecule has 0 bridgehead atoms. The van der Waals surface area contributed by atoms with Gasteiger partial charge in [-0.15, -0.1) is 0 Å². The molecule has 8 heteroatoms. The van der Waals surface area contributed by atoms with Gasteiger partial charge in [-0.25, -0.2) is 0 Å². The van der Waals surface area contributed by atoms with Crippen molar-refractivity contribution in [3.05, 3.63) is 0 Å². The van der Waals surface area contributed by atoms with Gasteiger partial charge in [-0.2, -0.15) is 16.8 Å². The molecule has 1 aliphatic rings. The van der Waals surface area contributed by atoms with Gasteiger partial charge in [-0.05, 0) is 18.8 Å². The highest BCUT2D eigenvalue weighted by molar-refractivity contribution is 8.03. The third-order valence-corrected chi connectivity index (χ3v) is 5.48. The summed E-state index contributed by atoms with van der Waals surface area (Å²) in [6, 6.07) is 0. The van der Waals surface area contributed by atoms with Crippen LogP contribution in [0.4, 0.5) is 0 Å². The van der Waals surface area contributed by atoms with Crippen LogP contribution in [0.15, 0.2) is 0 Å². The van der Waals surface area contributed by atoms with Crippen LogP contribution >= 0.6 is 0 Å². The van der Waals surface area contributed by atoms with E-state index in [1.165, 1.54) is 0 Å². The zero-order chi connectivity index (χ0) is 12.4. The van der Waals surface area contributed by atoms with E-state index in [0.29, 0.717) is 6.42 Å². The van der Waals surface area contributed by atoms with Crippen molar-refractivity contribution in [2.75, 3.05) is 5.08 Å². The maximum atomic E-state index is 11.3. The molecule has 0 heterocycles. The zero-order valence-corrected chi connectivity index (χ0v) is 10.6. The van der Waals surface area contributed by atoms with E-state index in [9.17, 15) is 16.8 Å². The molecule has 0 aromatic heterocycles. The molecule has 0 radical (unpaired) electrons. The van der Waals surface area contributed by atoms with Crippen molar-refractivity contribution in [2.45, 2.75) is 38.7 Å². The summed E-state index contributed by atoms with van der Waals surface area (Å²) in [4.78, 5) is 0. The molecule has 0 saturated heterocycles. The van der Waals surface area contributed by atoms with Gasteiger partial charge >= 0.3 is 0 Å². The molecule has 0 aromatic carbocycles. The largest absolute Gasteiger partial charge is 0.285 e. The average Bonchev–Trinajstić information content (AvgIpc) is 2.04. The molecule has 1 saturated carbocycles. The fourth-order valence-electron chi connectivity index (χ4n) is 1.82. The minimum atomic E-state index is -4.56. The molecule has 16 heavy (non-hydrogen) atoms. The lowest BCUT2D eigenvalue weighted by molar-refractivity contribution is 0.110. The van der Waals surface area contributed by atoms with E-state index < -0.39 is 31.4 Å². The Morgan fingerprint density at radius 3 is 2.25 bits per heavy atom. The summed E-state index contributed by atoms with van der Waals surface area (Å²) in [5.41, 5.74) is 0. The molecule has 6 nitrogen and oxygen atoms in total. The van der Waals surface area contributed by atoms with Crippen LogP contribution in [-0.4, -0.2) is 32.6 Å². The molecule has 2 unspecified atom stereocenters. The van der Waals surface area contributed by atoms with E-state index in [4.69, 9.17) is 8.74 Å². The maximum absolute atomic E-state index is 11.3. The van der Waals surface area contributed by atoms with Gasteiger partial charge in [-0.3, -0.25) is 8.74 Å². The lowest BCUT2D eigenvalue weighted by atomic mass is 9.88. The van der Waals surface area contributed by atoms with E-state index in [2.05, 4.69) is 0 Å². The smallest absolute Gasteiger partial charge is 0.284 e. The molecule has 1 rings (SSSR count). The first-order valence-electron chi connectivity index (χ1n) is 5.06. The molecule has 0 amide bonds. The van der Waals surface area contributed by atoms with E-state index in [1.807, 2.05) is 6.92 Å². The van der Waals surface area contributed by atoms with Crippen LogP contribution in [0, 0.1) is 5.92 Å². The van der Waals surface area contributed by atoms with Crippen LogP contribution in [0.5, 0.6) is 0 Å². The fraction of sp³-hybridized carbons (Fsp3) is 1.00. The first-order chi connectivity index (χ1) is 7.20. The Morgan fingerprint density at radius 2 is 1.75 bits per heavy atom. The quantitative estimate of drug-likeness (QED) is 0.599. The van der Waals surface area contributed by atoms with E-state index in [-0.39, 0.29) is 5.92 Å². The second-order valence-electron chi connectivity index (χ2n) is 4.15. The Labute approximate surface area is 95.9 Å². The lowest BCUT2D eigenvalue weighted by Gasteiger charge is -2.27. The Kier molecular flexibility index (Phi) is 4.33. The van der Waals surface area contributed by atoms with E-state index in [0.717, 1.165) is 19.3 Å². The maximum Gasteiger partial charge on any atom is 0.284 e. The van der Waals surface area contributed by atoms with Crippen molar-refractivity contribution < 1.29 is 25.6 Å². The van der Waals surface area contributed by atoms with Gasteiger partial charge in [0.15, 0.2) is 0 Å². The summed E-state index contributed by atoms with van der Waals surface area (Å²) in [5.74, 6) is 0.0879. The van der Waals surface area contributed by atoms with Crippen LogP contribution in [0.25, 0.3) is 0 Å². The van der Waals surface area contributed by atoms with Crippen LogP contribution < -0.4 is 0 Å². The van der Waals surface area contributed by atoms with Crippen molar-refractivity contribution >= 4 is 20.2 Å². The normalized spacial score (nSPS) is 27.9. The van der Waals surface area contributed by atoms with Gasteiger partial charge in [0.2, 0.25) is 5.08 Å². The minimum Gasteiger partial charge on any atom is -0.285 e.